The van der Waals surface area contributed by atoms with Gasteiger partial charge in [0, 0.05) is 0 Å². The fraction of sp³-hybridized carbons (Fsp3) is 1.00. The van der Waals surface area contributed by atoms with Crippen LogP contribution in [0, 0.1) is 0 Å². The zero-order valence-electron chi connectivity index (χ0n) is 11.0. The summed E-state index contributed by atoms with van der Waals surface area (Å²) in [5.74, 6) is 0. The second-order valence-corrected chi connectivity index (χ2v) is 2.96. The van der Waals surface area contributed by atoms with Crippen LogP contribution >= 0.6 is 0 Å². The molecule has 84 valence electrons. The summed E-state index contributed by atoms with van der Waals surface area (Å²) in [5.41, 5.74) is 0. The summed E-state index contributed by atoms with van der Waals surface area (Å²) < 4.78 is 0. The van der Waals surface area contributed by atoms with Crippen LogP contribution in [0.4, 0.5) is 0 Å². The Labute approximate surface area is 86.5 Å². The van der Waals surface area contributed by atoms with Gasteiger partial charge in [0.15, 0.2) is 0 Å². The number of hydrogen-bond acceptors (Lipinski definition) is 1. The zero-order valence-corrected chi connectivity index (χ0v) is 11.0. The van der Waals surface area contributed by atoms with Crippen molar-refractivity contribution in [2.24, 2.45) is 0 Å². The van der Waals surface area contributed by atoms with Gasteiger partial charge in [-0.3, -0.25) is 0 Å². The van der Waals surface area contributed by atoms with E-state index in [4.69, 9.17) is 0 Å². The van der Waals surface area contributed by atoms with Gasteiger partial charge in [0.05, 0.1) is 0 Å². The van der Waals surface area contributed by atoms with E-state index >= 15 is 0 Å². The van der Waals surface area contributed by atoms with Gasteiger partial charge in [0.1, 0.15) is 0 Å². The molecule has 0 fully saturated rings. The molecule has 0 N–H and O–H groups in total. The predicted octanol–water partition coefficient (Wildman–Crippen LogP) is 4.18. The van der Waals surface area contributed by atoms with E-state index in [1.807, 2.05) is 13.8 Å². The van der Waals surface area contributed by atoms with E-state index in [1.54, 1.807) is 0 Å². The van der Waals surface area contributed by atoms with Crippen LogP contribution in [0.15, 0.2) is 0 Å². The highest BCUT2D eigenvalue weighted by Crippen LogP contribution is 1.89. The number of hydrogen-bond donors (Lipinski definition) is 0. The van der Waals surface area contributed by atoms with Gasteiger partial charge in [-0.2, -0.15) is 0 Å². The minimum absolute atomic E-state index is 1.18. The minimum Gasteiger partial charge on any atom is -0.307 e. The van der Waals surface area contributed by atoms with Gasteiger partial charge in [-0.25, -0.2) is 0 Å². The van der Waals surface area contributed by atoms with Gasteiger partial charge >= 0.3 is 0 Å². The number of rotatable bonds is 4. The first-order valence-electron chi connectivity index (χ1n) is 5.91. The molecule has 1 nitrogen and oxygen atoms in total. The Kier molecular flexibility index (Phi) is 32.6. The zero-order chi connectivity index (χ0) is 11.1. The SMILES string of the molecule is CC.CCC.CCCCN(C)CC. The summed E-state index contributed by atoms with van der Waals surface area (Å²) >= 11 is 0. The summed E-state index contributed by atoms with van der Waals surface area (Å²) in [5, 5.41) is 0. The molecule has 0 heterocycles. The van der Waals surface area contributed by atoms with E-state index < -0.39 is 0 Å². The van der Waals surface area contributed by atoms with Crippen LogP contribution in [0.25, 0.3) is 0 Å². The average molecular weight is 189 g/mol. The first-order chi connectivity index (χ1) is 6.22. The minimum atomic E-state index is 1.18. The van der Waals surface area contributed by atoms with Crippen molar-refractivity contribution in [2.45, 2.75) is 60.8 Å². The third-order valence-corrected chi connectivity index (χ3v) is 1.43. The molecule has 0 aromatic carbocycles. The van der Waals surface area contributed by atoms with E-state index in [9.17, 15) is 0 Å². The Hall–Kier alpha value is -0.0400. The van der Waals surface area contributed by atoms with Gasteiger partial charge < -0.3 is 4.90 Å². The summed E-state index contributed by atoms with van der Waals surface area (Å²) in [6, 6.07) is 0. The van der Waals surface area contributed by atoms with Crippen LogP contribution in [0.3, 0.4) is 0 Å². The average Bonchev–Trinajstić information content (AvgIpc) is 2.18. The second kappa shape index (κ2) is 22.7. The molecule has 0 aromatic heterocycles. The maximum atomic E-state index is 2.34. The van der Waals surface area contributed by atoms with Crippen molar-refractivity contribution in [2.75, 3.05) is 20.1 Å². The van der Waals surface area contributed by atoms with Crippen LogP contribution in [0.1, 0.15) is 60.8 Å². The van der Waals surface area contributed by atoms with E-state index in [0.29, 0.717) is 0 Å². The Morgan fingerprint density at radius 3 is 1.54 bits per heavy atom. The molecule has 0 rings (SSSR count). The number of nitrogens with zero attached hydrogens (tertiary/aromatic N) is 1. The molecule has 0 bridgehead atoms. The van der Waals surface area contributed by atoms with Crippen molar-refractivity contribution in [3.63, 3.8) is 0 Å². The molecule has 0 aliphatic heterocycles. The molecule has 0 aliphatic carbocycles. The van der Waals surface area contributed by atoms with Gasteiger partial charge in [0.25, 0.3) is 0 Å². The second-order valence-electron chi connectivity index (χ2n) is 2.96. The molecule has 0 unspecified atom stereocenters. The maximum absolute atomic E-state index is 2.34. The first kappa shape index (κ1) is 18.7. The first-order valence-corrected chi connectivity index (χ1v) is 5.91. The largest absolute Gasteiger partial charge is 0.307 e. The van der Waals surface area contributed by atoms with Crippen molar-refractivity contribution in [3.05, 3.63) is 0 Å². The monoisotopic (exact) mass is 189 g/mol. The van der Waals surface area contributed by atoms with Crippen molar-refractivity contribution < 1.29 is 0 Å². The predicted molar refractivity (Wildman–Crippen MR) is 65.4 cm³/mol. The third kappa shape index (κ3) is 33.4. The fourth-order valence-electron chi connectivity index (χ4n) is 0.586. The lowest BCUT2D eigenvalue weighted by molar-refractivity contribution is 0.346. The van der Waals surface area contributed by atoms with Gasteiger partial charge in [-0.15, -0.1) is 0 Å². The fourth-order valence-corrected chi connectivity index (χ4v) is 0.586. The molecule has 0 atom stereocenters. The van der Waals surface area contributed by atoms with Crippen molar-refractivity contribution in [1.82, 2.24) is 4.90 Å². The Balaban J connectivity index is -0.000000169. The van der Waals surface area contributed by atoms with Crippen LogP contribution in [0.2, 0.25) is 0 Å². The lowest BCUT2D eigenvalue weighted by atomic mass is 10.3. The molecule has 1 heteroatoms. The molecule has 0 amide bonds. The summed E-state index contributed by atoms with van der Waals surface area (Å²) in [6.07, 6.45) is 3.90. The summed E-state index contributed by atoms with van der Waals surface area (Å²) in [4.78, 5) is 2.34. The maximum Gasteiger partial charge on any atom is -0.00220 e. The van der Waals surface area contributed by atoms with Gasteiger partial charge in [-0.1, -0.05) is 54.4 Å². The molecule has 0 spiro atoms. The van der Waals surface area contributed by atoms with Crippen molar-refractivity contribution in [1.29, 1.82) is 0 Å². The highest BCUT2D eigenvalue weighted by atomic mass is 15.1. The van der Waals surface area contributed by atoms with Gasteiger partial charge in [0.2, 0.25) is 0 Å². The summed E-state index contributed by atoms with van der Waals surface area (Å²) in [6.45, 7) is 15.1. The van der Waals surface area contributed by atoms with Crippen molar-refractivity contribution >= 4 is 0 Å². The van der Waals surface area contributed by atoms with Crippen LogP contribution < -0.4 is 0 Å². The van der Waals surface area contributed by atoms with E-state index in [1.165, 1.54) is 32.4 Å². The molecule has 0 saturated heterocycles. The highest BCUT2D eigenvalue weighted by molar-refractivity contribution is 4.44. The molecule has 0 saturated carbocycles. The summed E-state index contributed by atoms with van der Waals surface area (Å²) in [7, 11) is 2.16. The lowest BCUT2D eigenvalue weighted by Gasteiger charge is -2.11. The highest BCUT2D eigenvalue weighted by Gasteiger charge is 1.89. The van der Waals surface area contributed by atoms with Crippen LogP contribution in [-0.2, 0) is 0 Å². The molecule has 0 radical (unpaired) electrons. The standard InChI is InChI=1S/C7H17N.C3H8.C2H6/c1-4-6-7-8(3)5-2;1-3-2;1-2/h4-7H2,1-3H3;3H2,1-2H3;1-2H3. The van der Waals surface area contributed by atoms with E-state index in [-0.39, 0.29) is 0 Å². The third-order valence-electron chi connectivity index (χ3n) is 1.43. The Morgan fingerprint density at radius 1 is 0.923 bits per heavy atom. The number of unbranched alkanes of at least 4 members (excludes halogenated alkanes) is 1. The quantitative estimate of drug-likeness (QED) is 0.641. The molecule has 0 aliphatic rings. The van der Waals surface area contributed by atoms with Gasteiger partial charge in [-0.05, 0) is 26.6 Å². The smallest absolute Gasteiger partial charge is 0.00220 e. The molecular weight excluding hydrogens is 158 g/mol. The molecule has 0 aromatic rings. The van der Waals surface area contributed by atoms with Crippen LogP contribution in [-0.4, -0.2) is 25.0 Å². The Bertz CT molecular complexity index is 53.1. The Morgan fingerprint density at radius 2 is 1.31 bits per heavy atom. The van der Waals surface area contributed by atoms with Crippen LogP contribution in [0.5, 0.6) is 0 Å². The van der Waals surface area contributed by atoms with E-state index in [2.05, 4.69) is 39.6 Å². The normalized spacial score (nSPS) is 8.31. The lowest BCUT2D eigenvalue weighted by Crippen LogP contribution is -2.18. The topological polar surface area (TPSA) is 3.24 Å². The molecular formula is C12H31N. The molecule has 13 heavy (non-hydrogen) atoms. The van der Waals surface area contributed by atoms with E-state index in [0.717, 1.165) is 0 Å². The van der Waals surface area contributed by atoms with Crippen molar-refractivity contribution in [3.8, 4) is 0 Å².